The minimum absolute atomic E-state index is 1.13. The number of nitrogens with zero attached hydrogens (tertiary/aromatic N) is 1. The smallest absolute Gasteiger partial charge is 0.0440 e. The van der Waals surface area contributed by atoms with Gasteiger partial charge < -0.3 is 10.2 Å². The van der Waals surface area contributed by atoms with Crippen LogP contribution in [0.1, 0.15) is 16.7 Å². The number of anilines is 3. The second kappa shape index (κ2) is 5.35. The Kier molecular flexibility index (Phi) is 3.79. The van der Waals surface area contributed by atoms with E-state index in [0.29, 0.717) is 0 Å². The Morgan fingerprint density at radius 1 is 0.842 bits per heavy atom. The molecule has 0 aliphatic carbocycles. The first-order valence-corrected chi connectivity index (χ1v) is 6.63. The van der Waals surface area contributed by atoms with Crippen LogP contribution in [0.15, 0.2) is 36.4 Å². The summed E-state index contributed by atoms with van der Waals surface area (Å²) in [6.45, 7) is 6.54. The summed E-state index contributed by atoms with van der Waals surface area (Å²) < 4.78 is 0. The van der Waals surface area contributed by atoms with Crippen molar-refractivity contribution in [3.63, 3.8) is 0 Å². The molecule has 0 bridgehead atoms. The van der Waals surface area contributed by atoms with Gasteiger partial charge in [0, 0.05) is 31.2 Å². The monoisotopic (exact) mass is 254 g/mol. The molecule has 0 radical (unpaired) electrons. The molecule has 2 aromatic carbocycles. The minimum atomic E-state index is 1.13. The molecule has 2 rings (SSSR count). The maximum Gasteiger partial charge on any atom is 0.0440 e. The van der Waals surface area contributed by atoms with E-state index in [9.17, 15) is 0 Å². The second-order valence-corrected chi connectivity index (χ2v) is 5.01. The molecule has 0 aliphatic rings. The highest BCUT2D eigenvalue weighted by Gasteiger charge is 2.09. The Morgan fingerprint density at radius 2 is 1.47 bits per heavy atom. The lowest BCUT2D eigenvalue weighted by atomic mass is 10.0. The zero-order chi connectivity index (χ0) is 14.0. The van der Waals surface area contributed by atoms with E-state index in [0.717, 1.165) is 5.69 Å². The molecule has 0 atom stereocenters. The molecule has 0 spiro atoms. The molecule has 0 fully saturated rings. The molecule has 19 heavy (non-hydrogen) atoms. The lowest BCUT2D eigenvalue weighted by Crippen LogP contribution is -2.11. The molecule has 0 aromatic heterocycles. The van der Waals surface area contributed by atoms with E-state index in [1.54, 1.807) is 0 Å². The fourth-order valence-corrected chi connectivity index (χ4v) is 2.30. The molecule has 1 N–H and O–H groups in total. The summed E-state index contributed by atoms with van der Waals surface area (Å²) in [6.07, 6.45) is 0. The summed E-state index contributed by atoms with van der Waals surface area (Å²) in [5.74, 6) is 0. The van der Waals surface area contributed by atoms with Crippen LogP contribution >= 0.6 is 0 Å². The van der Waals surface area contributed by atoms with Gasteiger partial charge in [-0.05, 0) is 67.8 Å². The van der Waals surface area contributed by atoms with E-state index < -0.39 is 0 Å². The molecule has 2 heteroatoms. The van der Waals surface area contributed by atoms with Crippen LogP contribution in [0.25, 0.3) is 0 Å². The molecule has 0 heterocycles. The van der Waals surface area contributed by atoms with Crippen LogP contribution in [-0.2, 0) is 0 Å². The Morgan fingerprint density at radius 3 is 2.05 bits per heavy atom. The lowest BCUT2D eigenvalue weighted by Gasteiger charge is -2.23. The number of hydrogen-bond acceptors (Lipinski definition) is 2. The average Bonchev–Trinajstić information content (AvgIpc) is 2.44. The van der Waals surface area contributed by atoms with Crippen LogP contribution in [0, 0.1) is 20.8 Å². The van der Waals surface area contributed by atoms with Gasteiger partial charge in [0.15, 0.2) is 0 Å². The molecule has 2 nitrogen and oxygen atoms in total. The highest BCUT2D eigenvalue weighted by Crippen LogP contribution is 2.30. The maximum atomic E-state index is 3.14. The van der Waals surface area contributed by atoms with Crippen molar-refractivity contribution < 1.29 is 0 Å². The van der Waals surface area contributed by atoms with E-state index in [1.807, 2.05) is 7.05 Å². The van der Waals surface area contributed by atoms with Gasteiger partial charge in [-0.25, -0.2) is 0 Å². The van der Waals surface area contributed by atoms with Gasteiger partial charge in [-0.15, -0.1) is 0 Å². The zero-order valence-electron chi connectivity index (χ0n) is 12.4. The van der Waals surface area contributed by atoms with Crippen molar-refractivity contribution in [2.24, 2.45) is 0 Å². The van der Waals surface area contributed by atoms with E-state index in [-0.39, 0.29) is 0 Å². The van der Waals surface area contributed by atoms with Gasteiger partial charge in [-0.3, -0.25) is 0 Å². The predicted octanol–water partition coefficient (Wildman–Crippen LogP) is 4.42. The number of aryl methyl sites for hydroxylation is 1. The first-order valence-electron chi connectivity index (χ1n) is 6.63. The van der Waals surface area contributed by atoms with Crippen LogP contribution < -0.4 is 10.2 Å². The molecule has 0 unspecified atom stereocenters. The predicted molar refractivity (Wildman–Crippen MR) is 84.7 cm³/mol. The quantitative estimate of drug-likeness (QED) is 0.872. The van der Waals surface area contributed by atoms with Crippen LogP contribution in [0.3, 0.4) is 0 Å². The van der Waals surface area contributed by atoms with Gasteiger partial charge in [0.25, 0.3) is 0 Å². The maximum absolute atomic E-state index is 3.14. The second-order valence-electron chi connectivity index (χ2n) is 5.01. The van der Waals surface area contributed by atoms with Gasteiger partial charge >= 0.3 is 0 Å². The standard InChI is InChI=1S/C17H22N2/c1-12-6-11-17(14(3)13(12)2)19(5)16-9-7-15(18-4)8-10-16/h6-11,18H,1-5H3. The van der Waals surface area contributed by atoms with Crippen molar-refractivity contribution in [2.75, 3.05) is 24.3 Å². The number of rotatable bonds is 3. The van der Waals surface area contributed by atoms with Crippen molar-refractivity contribution >= 4 is 17.1 Å². The zero-order valence-corrected chi connectivity index (χ0v) is 12.4. The Labute approximate surface area is 116 Å². The SMILES string of the molecule is CNc1ccc(N(C)c2ccc(C)c(C)c2C)cc1. The Bertz CT molecular complexity index is 571. The fourth-order valence-electron chi connectivity index (χ4n) is 2.30. The highest BCUT2D eigenvalue weighted by atomic mass is 15.1. The fraction of sp³-hybridized carbons (Fsp3) is 0.294. The van der Waals surface area contributed by atoms with Gasteiger partial charge in [0.05, 0.1) is 0 Å². The molecule has 0 aliphatic heterocycles. The van der Waals surface area contributed by atoms with Crippen molar-refractivity contribution in [1.29, 1.82) is 0 Å². The van der Waals surface area contributed by atoms with Crippen LogP contribution in [0.5, 0.6) is 0 Å². The van der Waals surface area contributed by atoms with Crippen molar-refractivity contribution in [3.05, 3.63) is 53.1 Å². The summed E-state index contributed by atoms with van der Waals surface area (Å²) in [5.41, 5.74) is 7.66. The molecular formula is C17H22N2. The summed E-state index contributed by atoms with van der Waals surface area (Å²) in [5, 5.41) is 3.14. The van der Waals surface area contributed by atoms with E-state index in [2.05, 4.69) is 74.4 Å². The topological polar surface area (TPSA) is 15.3 Å². The normalized spacial score (nSPS) is 10.4. The van der Waals surface area contributed by atoms with Crippen molar-refractivity contribution in [2.45, 2.75) is 20.8 Å². The summed E-state index contributed by atoms with van der Waals surface area (Å²) in [6, 6.07) is 12.9. The van der Waals surface area contributed by atoms with E-state index in [1.165, 1.54) is 28.1 Å². The lowest BCUT2D eigenvalue weighted by molar-refractivity contribution is 1.15. The molecule has 0 amide bonds. The molecule has 0 saturated heterocycles. The largest absolute Gasteiger partial charge is 0.388 e. The van der Waals surface area contributed by atoms with Crippen LogP contribution in [0.4, 0.5) is 17.1 Å². The molecule has 2 aromatic rings. The third-order valence-corrected chi connectivity index (χ3v) is 3.93. The first-order chi connectivity index (χ1) is 9.04. The van der Waals surface area contributed by atoms with Gasteiger partial charge in [-0.2, -0.15) is 0 Å². The Balaban J connectivity index is 2.38. The van der Waals surface area contributed by atoms with E-state index in [4.69, 9.17) is 0 Å². The minimum Gasteiger partial charge on any atom is -0.388 e. The third kappa shape index (κ3) is 2.58. The van der Waals surface area contributed by atoms with Crippen LogP contribution in [-0.4, -0.2) is 14.1 Å². The van der Waals surface area contributed by atoms with E-state index >= 15 is 0 Å². The molecule has 0 saturated carbocycles. The third-order valence-electron chi connectivity index (χ3n) is 3.93. The van der Waals surface area contributed by atoms with Crippen molar-refractivity contribution in [3.8, 4) is 0 Å². The molecular weight excluding hydrogens is 232 g/mol. The molecule has 100 valence electrons. The number of nitrogens with one attached hydrogen (secondary N) is 1. The summed E-state index contributed by atoms with van der Waals surface area (Å²) in [7, 11) is 4.05. The number of hydrogen-bond donors (Lipinski definition) is 1. The Hall–Kier alpha value is -1.96. The number of benzene rings is 2. The van der Waals surface area contributed by atoms with Gasteiger partial charge in [0.1, 0.15) is 0 Å². The summed E-state index contributed by atoms with van der Waals surface area (Å²) >= 11 is 0. The van der Waals surface area contributed by atoms with Crippen LogP contribution in [0.2, 0.25) is 0 Å². The van der Waals surface area contributed by atoms with Gasteiger partial charge in [0.2, 0.25) is 0 Å². The van der Waals surface area contributed by atoms with Gasteiger partial charge in [-0.1, -0.05) is 6.07 Å². The average molecular weight is 254 g/mol. The summed E-state index contributed by atoms with van der Waals surface area (Å²) in [4.78, 5) is 2.24. The highest BCUT2D eigenvalue weighted by molar-refractivity contribution is 5.68. The van der Waals surface area contributed by atoms with Crippen molar-refractivity contribution in [1.82, 2.24) is 0 Å². The first kappa shape index (κ1) is 13.5.